The fourth-order valence-corrected chi connectivity index (χ4v) is 2.93. The highest BCUT2D eigenvalue weighted by Gasteiger charge is 2.06. The molecule has 0 radical (unpaired) electrons. The molecule has 0 aliphatic carbocycles. The fourth-order valence-electron chi connectivity index (χ4n) is 2.63. The number of fused-ring (bicyclic) bond motifs is 1. The van der Waals surface area contributed by atoms with E-state index in [-0.39, 0.29) is 5.82 Å². The molecule has 1 aromatic carbocycles. The first-order valence-electron chi connectivity index (χ1n) is 6.94. The summed E-state index contributed by atoms with van der Waals surface area (Å²) in [6.45, 7) is 5.60. The number of imidazole rings is 1. The first-order valence-corrected chi connectivity index (χ1v) is 7.34. The number of aryl methyl sites for hydroxylation is 4. The number of aromatic nitrogens is 4. The topological polar surface area (TPSA) is 38.5 Å². The molecular weight excluding hydrogens is 287 g/mol. The summed E-state index contributed by atoms with van der Waals surface area (Å²) in [6, 6.07) is 6.74. The fraction of sp³-hybridized carbons (Fsp3) is 0.333. The number of halogens is 1. The van der Waals surface area contributed by atoms with E-state index in [0.29, 0.717) is 4.77 Å². The van der Waals surface area contributed by atoms with E-state index in [1.165, 1.54) is 12.1 Å². The molecule has 0 unspecified atom stereocenters. The molecule has 2 heterocycles. The minimum absolute atomic E-state index is 0.246. The van der Waals surface area contributed by atoms with Gasteiger partial charge in [-0.05, 0) is 56.8 Å². The maximum Gasteiger partial charge on any atom is 0.178 e. The summed E-state index contributed by atoms with van der Waals surface area (Å²) in [4.78, 5) is 3.11. The summed E-state index contributed by atoms with van der Waals surface area (Å²) in [5.74, 6) is -0.246. The van der Waals surface area contributed by atoms with Gasteiger partial charge in [-0.15, -0.1) is 0 Å². The van der Waals surface area contributed by atoms with Crippen molar-refractivity contribution in [2.45, 2.75) is 33.4 Å². The molecule has 0 aliphatic rings. The Labute approximate surface area is 127 Å². The van der Waals surface area contributed by atoms with E-state index in [4.69, 9.17) is 12.2 Å². The normalized spacial score (nSPS) is 11.4. The molecule has 0 atom stereocenters. The van der Waals surface area contributed by atoms with E-state index in [2.05, 4.69) is 16.1 Å². The molecule has 0 fully saturated rings. The van der Waals surface area contributed by atoms with Gasteiger partial charge in [0.1, 0.15) is 5.82 Å². The Bertz CT molecular complexity index is 843. The van der Waals surface area contributed by atoms with E-state index >= 15 is 0 Å². The first kappa shape index (κ1) is 14.0. The zero-order chi connectivity index (χ0) is 15.0. The van der Waals surface area contributed by atoms with Crippen LogP contribution in [0.5, 0.6) is 0 Å². The third-order valence-electron chi connectivity index (χ3n) is 3.59. The van der Waals surface area contributed by atoms with E-state index < -0.39 is 0 Å². The summed E-state index contributed by atoms with van der Waals surface area (Å²) < 4.78 is 18.0. The Morgan fingerprint density at radius 2 is 2.05 bits per heavy atom. The second-order valence-electron chi connectivity index (χ2n) is 5.25. The number of benzene rings is 1. The van der Waals surface area contributed by atoms with Gasteiger partial charge in [-0.25, -0.2) is 4.39 Å². The number of hydrogen-bond acceptors (Lipinski definition) is 2. The van der Waals surface area contributed by atoms with Gasteiger partial charge >= 0.3 is 0 Å². The Balaban J connectivity index is 1.79. The van der Waals surface area contributed by atoms with Crippen molar-refractivity contribution in [1.29, 1.82) is 0 Å². The number of aromatic amines is 1. The van der Waals surface area contributed by atoms with Crippen molar-refractivity contribution in [3.63, 3.8) is 0 Å². The monoisotopic (exact) mass is 304 g/mol. The molecule has 0 bridgehead atoms. The second kappa shape index (κ2) is 5.44. The molecule has 0 aliphatic heterocycles. The maximum atomic E-state index is 13.4. The standard InChI is InChI=1S/C15H17FN4S/c1-10-8-11(2)20(18-10)7-3-6-19-14-9-12(16)4-5-13(14)17-15(19)21/h4-5,8-9H,3,6-7H2,1-2H3,(H,17,21). The summed E-state index contributed by atoms with van der Waals surface area (Å²) in [5.41, 5.74) is 3.86. The van der Waals surface area contributed by atoms with Crippen LogP contribution in [0, 0.1) is 24.4 Å². The molecule has 0 spiro atoms. The predicted octanol–water partition coefficient (Wildman–Crippen LogP) is 3.74. The van der Waals surface area contributed by atoms with Crippen molar-refractivity contribution in [1.82, 2.24) is 19.3 Å². The number of H-pyrrole nitrogens is 1. The Kier molecular flexibility index (Phi) is 3.63. The molecule has 110 valence electrons. The second-order valence-corrected chi connectivity index (χ2v) is 5.63. The highest BCUT2D eigenvalue weighted by Crippen LogP contribution is 2.16. The van der Waals surface area contributed by atoms with Crippen LogP contribution in [0.3, 0.4) is 0 Å². The quantitative estimate of drug-likeness (QED) is 0.746. The molecule has 6 heteroatoms. The largest absolute Gasteiger partial charge is 0.331 e. The molecule has 1 N–H and O–H groups in total. The van der Waals surface area contributed by atoms with Gasteiger partial charge < -0.3 is 9.55 Å². The summed E-state index contributed by atoms with van der Waals surface area (Å²) in [5, 5.41) is 4.44. The van der Waals surface area contributed by atoms with E-state index in [1.54, 1.807) is 6.07 Å². The highest BCUT2D eigenvalue weighted by molar-refractivity contribution is 7.71. The van der Waals surface area contributed by atoms with Crippen LogP contribution in [0.25, 0.3) is 11.0 Å². The average molecular weight is 304 g/mol. The summed E-state index contributed by atoms with van der Waals surface area (Å²) >= 11 is 5.32. The smallest absolute Gasteiger partial charge is 0.178 e. The molecule has 21 heavy (non-hydrogen) atoms. The van der Waals surface area contributed by atoms with Crippen LogP contribution in [-0.4, -0.2) is 19.3 Å². The lowest BCUT2D eigenvalue weighted by Crippen LogP contribution is -2.07. The van der Waals surface area contributed by atoms with Crippen LogP contribution >= 0.6 is 12.2 Å². The Hall–Kier alpha value is -1.95. The molecular formula is C15H17FN4S. The van der Waals surface area contributed by atoms with E-state index in [1.807, 2.05) is 23.1 Å². The molecule has 0 saturated heterocycles. The van der Waals surface area contributed by atoms with Crippen LogP contribution in [0.4, 0.5) is 4.39 Å². The van der Waals surface area contributed by atoms with Crippen molar-refractivity contribution in [2.75, 3.05) is 0 Å². The zero-order valence-corrected chi connectivity index (χ0v) is 12.9. The first-order chi connectivity index (χ1) is 10.0. The summed E-state index contributed by atoms with van der Waals surface area (Å²) in [6.07, 6.45) is 0.889. The maximum absolute atomic E-state index is 13.4. The van der Waals surface area contributed by atoms with Gasteiger partial charge in [0, 0.05) is 18.8 Å². The molecule has 0 amide bonds. The van der Waals surface area contributed by atoms with Gasteiger partial charge in [0.25, 0.3) is 0 Å². The number of nitrogens with zero attached hydrogens (tertiary/aromatic N) is 3. The van der Waals surface area contributed by atoms with Gasteiger partial charge in [-0.1, -0.05) is 0 Å². The molecule has 4 nitrogen and oxygen atoms in total. The van der Waals surface area contributed by atoms with Crippen LogP contribution in [-0.2, 0) is 13.1 Å². The third-order valence-corrected chi connectivity index (χ3v) is 3.91. The SMILES string of the molecule is Cc1cc(C)n(CCCn2c(=S)[nH]c3ccc(F)cc32)n1. The van der Waals surface area contributed by atoms with Crippen molar-refractivity contribution < 1.29 is 4.39 Å². The lowest BCUT2D eigenvalue weighted by Gasteiger charge is -2.06. The van der Waals surface area contributed by atoms with Crippen LogP contribution in [0.1, 0.15) is 17.8 Å². The van der Waals surface area contributed by atoms with Gasteiger partial charge in [0.2, 0.25) is 0 Å². The Morgan fingerprint density at radius 3 is 2.76 bits per heavy atom. The molecule has 2 aromatic heterocycles. The zero-order valence-electron chi connectivity index (χ0n) is 12.1. The van der Waals surface area contributed by atoms with Crippen LogP contribution in [0.2, 0.25) is 0 Å². The van der Waals surface area contributed by atoms with Gasteiger partial charge in [0.15, 0.2) is 4.77 Å². The van der Waals surface area contributed by atoms with Crippen LogP contribution in [0.15, 0.2) is 24.3 Å². The van der Waals surface area contributed by atoms with Gasteiger partial charge in [0.05, 0.1) is 16.7 Å². The number of nitrogens with one attached hydrogen (secondary N) is 1. The van der Waals surface area contributed by atoms with E-state index in [9.17, 15) is 4.39 Å². The number of rotatable bonds is 4. The predicted molar refractivity (Wildman–Crippen MR) is 83.4 cm³/mol. The third kappa shape index (κ3) is 2.76. The lowest BCUT2D eigenvalue weighted by molar-refractivity contribution is 0.519. The van der Waals surface area contributed by atoms with Crippen molar-refractivity contribution in [2.24, 2.45) is 0 Å². The highest BCUT2D eigenvalue weighted by atomic mass is 32.1. The number of hydrogen-bond donors (Lipinski definition) is 1. The Morgan fingerprint density at radius 1 is 1.24 bits per heavy atom. The minimum atomic E-state index is -0.246. The minimum Gasteiger partial charge on any atom is -0.331 e. The molecule has 3 rings (SSSR count). The lowest BCUT2D eigenvalue weighted by atomic mass is 10.3. The van der Waals surface area contributed by atoms with Crippen LogP contribution < -0.4 is 0 Å². The summed E-state index contributed by atoms with van der Waals surface area (Å²) in [7, 11) is 0. The van der Waals surface area contributed by atoms with Crippen molar-refractivity contribution in [3.05, 3.63) is 46.2 Å². The average Bonchev–Trinajstić information content (AvgIpc) is 2.90. The van der Waals surface area contributed by atoms with Gasteiger partial charge in [-0.2, -0.15) is 5.10 Å². The van der Waals surface area contributed by atoms with Gasteiger partial charge in [-0.3, -0.25) is 4.68 Å². The van der Waals surface area contributed by atoms with E-state index in [0.717, 1.165) is 41.9 Å². The van der Waals surface area contributed by atoms with Crippen molar-refractivity contribution >= 4 is 23.3 Å². The van der Waals surface area contributed by atoms with Crippen molar-refractivity contribution in [3.8, 4) is 0 Å². The molecule has 3 aromatic rings. The molecule has 0 saturated carbocycles.